The average molecular weight is 207 g/mol. The van der Waals surface area contributed by atoms with Gasteiger partial charge in [-0.15, -0.1) is 0 Å². The number of aryl methyl sites for hydroxylation is 3. The summed E-state index contributed by atoms with van der Waals surface area (Å²) in [7, 11) is 0. The molecule has 0 radical (unpaired) electrons. The third kappa shape index (κ3) is 1.47. The molecule has 0 unspecified atom stereocenters. The van der Waals surface area contributed by atoms with Crippen molar-refractivity contribution >= 4 is 0 Å². The summed E-state index contributed by atoms with van der Waals surface area (Å²) in [5.41, 5.74) is 1.21. The third-order valence-corrected chi connectivity index (χ3v) is 2.27. The molecule has 0 saturated carbocycles. The molecule has 6 heteroatoms. The average Bonchev–Trinajstić information content (AvgIpc) is 2.69. The molecule has 0 aliphatic rings. The Bertz CT molecular complexity index is 533. The molecule has 15 heavy (non-hydrogen) atoms. The van der Waals surface area contributed by atoms with Gasteiger partial charge in [0.25, 0.3) is 5.56 Å². The van der Waals surface area contributed by atoms with E-state index < -0.39 is 0 Å². The molecule has 0 amide bonds. The van der Waals surface area contributed by atoms with E-state index in [-0.39, 0.29) is 5.56 Å². The van der Waals surface area contributed by atoms with Crippen molar-refractivity contribution in [3.63, 3.8) is 0 Å². The van der Waals surface area contributed by atoms with Crippen LogP contribution in [0.4, 0.5) is 0 Å². The monoisotopic (exact) mass is 207 g/mol. The zero-order valence-electron chi connectivity index (χ0n) is 8.96. The van der Waals surface area contributed by atoms with Crippen LogP contribution in [0.25, 0.3) is 5.69 Å². The maximum Gasteiger partial charge on any atom is 0.290 e. The fourth-order valence-electron chi connectivity index (χ4n) is 1.60. The molecule has 0 fully saturated rings. The van der Waals surface area contributed by atoms with Gasteiger partial charge in [-0.05, 0) is 20.3 Å². The van der Waals surface area contributed by atoms with Crippen LogP contribution in [-0.2, 0) is 6.42 Å². The van der Waals surface area contributed by atoms with Gasteiger partial charge in [-0.3, -0.25) is 9.89 Å². The van der Waals surface area contributed by atoms with Gasteiger partial charge in [-0.1, -0.05) is 6.92 Å². The zero-order valence-corrected chi connectivity index (χ0v) is 8.96. The molecule has 0 spiro atoms. The van der Waals surface area contributed by atoms with E-state index in [1.165, 1.54) is 0 Å². The van der Waals surface area contributed by atoms with Crippen LogP contribution in [0.1, 0.15) is 24.3 Å². The Morgan fingerprint density at radius 1 is 1.33 bits per heavy atom. The zero-order chi connectivity index (χ0) is 11.0. The Labute approximate surface area is 86.3 Å². The van der Waals surface area contributed by atoms with Crippen LogP contribution in [-0.4, -0.2) is 25.0 Å². The van der Waals surface area contributed by atoms with Gasteiger partial charge in [0.2, 0.25) is 0 Å². The number of hydrogen-bond acceptors (Lipinski definition) is 3. The van der Waals surface area contributed by atoms with Crippen LogP contribution in [0, 0.1) is 13.8 Å². The molecule has 6 nitrogen and oxygen atoms in total. The van der Waals surface area contributed by atoms with Crippen molar-refractivity contribution in [1.29, 1.82) is 0 Å². The van der Waals surface area contributed by atoms with Gasteiger partial charge >= 0.3 is 0 Å². The number of aromatic amines is 2. The van der Waals surface area contributed by atoms with Crippen molar-refractivity contribution in [2.45, 2.75) is 27.2 Å². The summed E-state index contributed by atoms with van der Waals surface area (Å²) in [5, 5.41) is 9.57. The van der Waals surface area contributed by atoms with E-state index in [1.54, 1.807) is 11.6 Å². The van der Waals surface area contributed by atoms with E-state index in [4.69, 9.17) is 0 Å². The van der Waals surface area contributed by atoms with Crippen LogP contribution in [0.3, 0.4) is 0 Å². The van der Waals surface area contributed by atoms with Gasteiger partial charge in [0.1, 0.15) is 11.6 Å². The lowest BCUT2D eigenvalue weighted by molar-refractivity contribution is 0.812. The Balaban J connectivity index is 2.67. The Hall–Kier alpha value is -1.85. The van der Waals surface area contributed by atoms with Crippen molar-refractivity contribution in [2.24, 2.45) is 0 Å². The molecule has 2 aromatic rings. The number of hydrogen-bond donors (Lipinski definition) is 2. The fourth-order valence-corrected chi connectivity index (χ4v) is 1.60. The predicted octanol–water partition coefficient (Wildman–Crippen LogP) is 0.463. The van der Waals surface area contributed by atoms with Crippen LogP contribution in [0.5, 0.6) is 0 Å². The van der Waals surface area contributed by atoms with Gasteiger partial charge in [-0.2, -0.15) is 5.10 Å². The van der Waals surface area contributed by atoms with E-state index in [1.807, 2.05) is 13.8 Å². The fraction of sp³-hybridized carbons (Fsp3) is 0.444. The van der Waals surface area contributed by atoms with Crippen LogP contribution in [0.15, 0.2) is 4.79 Å². The number of H-pyrrole nitrogens is 2. The molecule has 0 atom stereocenters. The molecule has 2 heterocycles. The Morgan fingerprint density at radius 2 is 2.07 bits per heavy atom. The van der Waals surface area contributed by atoms with Gasteiger partial charge in [0, 0.05) is 0 Å². The first-order chi connectivity index (χ1) is 7.13. The first kappa shape index (κ1) is 9.70. The van der Waals surface area contributed by atoms with Gasteiger partial charge in [0.05, 0.1) is 5.69 Å². The summed E-state index contributed by atoms with van der Waals surface area (Å²) in [6, 6.07) is 0. The lowest BCUT2D eigenvalue weighted by Crippen LogP contribution is -2.12. The highest BCUT2D eigenvalue weighted by Gasteiger charge is 2.14. The highest BCUT2D eigenvalue weighted by atomic mass is 16.1. The van der Waals surface area contributed by atoms with E-state index in [2.05, 4.69) is 20.3 Å². The SMILES string of the molecule is CCc1[nH][nH]c(=O)c1-n1nc(C)nc1C. The molecule has 0 bridgehead atoms. The van der Waals surface area contributed by atoms with Gasteiger partial charge in [-0.25, -0.2) is 9.67 Å². The molecule has 80 valence electrons. The predicted molar refractivity (Wildman–Crippen MR) is 55.2 cm³/mol. The molecule has 0 aromatic carbocycles. The molecule has 2 N–H and O–H groups in total. The summed E-state index contributed by atoms with van der Waals surface area (Å²) in [6.45, 7) is 5.60. The summed E-state index contributed by atoms with van der Waals surface area (Å²) in [5.74, 6) is 1.38. The second-order valence-electron chi connectivity index (χ2n) is 3.38. The largest absolute Gasteiger partial charge is 0.300 e. The standard InChI is InChI=1S/C9H13N5O/c1-4-7-8(9(15)12-11-7)14-6(3)10-5(2)13-14/h4H2,1-3H3,(H2,11,12,15). The third-order valence-electron chi connectivity index (χ3n) is 2.27. The van der Waals surface area contributed by atoms with Crippen LogP contribution >= 0.6 is 0 Å². The van der Waals surface area contributed by atoms with E-state index in [0.29, 0.717) is 17.3 Å². The molecule has 0 aliphatic heterocycles. The summed E-state index contributed by atoms with van der Waals surface area (Å²) >= 11 is 0. The Morgan fingerprint density at radius 3 is 2.60 bits per heavy atom. The van der Waals surface area contributed by atoms with Crippen molar-refractivity contribution < 1.29 is 0 Å². The number of nitrogens with zero attached hydrogens (tertiary/aromatic N) is 3. The normalized spacial score (nSPS) is 10.9. The number of nitrogens with one attached hydrogen (secondary N) is 2. The van der Waals surface area contributed by atoms with E-state index >= 15 is 0 Å². The van der Waals surface area contributed by atoms with Crippen LogP contribution in [0.2, 0.25) is 0 Å². The highest BCUT2D eigenvalue weighted by molar-refractivity contribution is 5.34. The van der Waals surface area contributed by atoms with E-state index in [9.17, 15) is 4.79 Å². The molecular weight excluding hydrogens is 194 g/mol. The summed E-state index contributed by atoms with van der Waals surface area (Å²) in [4.78, 5) is 15.8. The van der Waals surface area contributed by atoms with E-state index in [0.717, 1.165) is 12.1 Å². The lowest BCUT2D eigenvalue weighted by atomic mass is 10.3. The Kier molecular flexibility index (Phi) is 2.18. The topological polar surface area (TPSA) is 79.4 Å². The first-order valence-electron chi connectivity index (χ1n) is 4.83. The van der Waals surface area contributed by atoms with Crippen LogP contribution < -0.4 is 5.56 Å². The molecule has 0 saturated heterocycles. The second-order valence-corrected chi connectivity index (χ2v) is 3.38. The molecule has 2 rings (SSSR count). The van der Waals surface area contributed by atoms with Crippen molar-refractivity contribution in [3.8, 4) is 5.69 Å². The maximum atomic E-state index is 11.6. The minimum absolute atomic E-state index is 0.167. The lowest BCUT2D eigenvalue weighted by Gasteiger charge is -2.00. The number of rotatable bonds is 2. The smallest absolute Gasteiger partial charge is 0.290 e. The highest BCUT2D eigenvalue weighted by Crippen LogP contribution is 2.08. The minimum Gasteiger partial charge on any atom is -0.300 e. The minimum atomic E-state index is -0.167. The van der Waals surface area contributed by atoms with Crippen molar-refractivity contribution in [3.05, 3.63) is 27.7 Å². The second kappa shape index (κ2) is 3.38. The molecule has 2 aromatic heterocycles. The first-order valence-corrected chi connectivity index (χ1v) is 4.83. The van der Waals surface area contributed by atoms with Crippen molar-refractivity contribution in [2.75, 3.05) is 0 Å². The summed E-state index contributed by atoms with van der Waals surface area (Å²) in [6.07, 6.45) is 0.742. The maximum absolute atomic E-state index is 11.6. The molecule has 0 aliphatic carbocycles. The van der Waals surface area contributed by atoms with Gasteiger partial charge < -0.3 is 5.10 Å². The number of aromatic nitrogens is 5. The quantitative estimate of drug-likeness (QED) is 0.751. The molecular formula is C9H13N5O. The summed E-state index contributed by atoms with van der Waals surface area (Å²) < 4.78 is 1.57. The van der Waals surface area contributed by atoms with Gasteiger partial charge in [0.15, 0.2) is 5.69 Å². The van der Waals surface area contributed by atoms with Crippen molar-refractivity contribution in [1.82, 2.24) is 25.0 Å².